The van der Waals surface area contributed by atoms with Crippen LogP contribution in [0.4, 0.5) is 0 Å². The van der Waals surface area contributed by atoms with E-state index >= 15 is 0 Å². The van der Waals surface area contributed by atoms with Crippen LogP contribution in [-0.2, 0) is 13.0 Å². The van der Waals surface area contributed by atoms with Crippen molar-refractivity contribution in [1.29, 1.82) is 0 Å². The zero-order valence-electron chi connectivity index (χ0n) is 16.5. The molecule has 0 saturated heterocycles. The maximum absolute atomic E-state index is 12.4. The largest absolute Gasteiger partial charge is 0.352 e. The molecule has 0 spiro atoms. The van der Waals surface area contributed by atoms with Crippen LogP contribution >= 0.6 is 23.2 Å². The number of aromatic nitrogens is 2. The fraction of sp³-hybridized carbons (Fsp3) is 0.167. The molecule has 4 aromatic rings. The van der Waals surface area contributed by atoms with Crippen LogP contribution in [0.2, 0.25) is 10.0 Å². The van der Waals surface area contributed by atoms with Crippen LogP contribution in [0.1, 0.15) is 27.3 Å². The second-order valence-electron chi connectivity index (χ2n) is 7.21. The van der Waals surface area contributed by atoms with Gasteiger partial charge in [-0.05, 0) is 48.9 Å². The van der Waals surface area contributed by atoms with E-state index in [2.05, 4.69) is 9.88 Å². The Morgan fingerprint density at radius 3 is 2.67 bits per heavy atom. The van der Waals surface area contributed by atoms with Crippen molar-refractivity contribution in [2.45, 2.75) is 19.9 Å². The number of aryl methyl sites for hydroxylation is 1. The van der Waals surface area contributed by atoms with Gasteiger partial charge in [-0.1, -0.05) is 59.1 Å². The van der Waals surface area contributed by atoms with Crippen LogP contribution in [0.3, 0.4) is 0 Å². The van der Waals surface area contributed by atoms with Crippen molar-refractivity contribution in [2.24, 2.45) is 0 Å². The van der Waals surface area contributed by atoms with Crippen molar-refractivity contribution >= 4 is 40.1 Å². The number of para-hydroxylation sites is 2. The average Bonchev–Trinajstić information content (AvgIpc) is 3.07. The lowest BCUT2D eigenvalue weighted by Crippen LogP contribution is -2.26. The van der Waals surface area contributed by atoms with Gasteiger partial charge in [-0.3, -0.25) is 4.79 Å². The standard InChI is InChI=1S/C24H21Cl2N3O/c1-16-5-4-6-17(13-16)24(30)27-12-11-23-28-21-7-2-3-8-22(21)29(23)15-18-9-10-19(25)14-20(18)26/h2-10,13-14H,11-12,15H2,1H3,(H,27,30). The number of hydrogen-bond donors (Lipinski definition) is 1. The van der Waals surface area contributed by atoms with Crippen LogP contribution in [0.5, 0.6) is 0 Å². The van der Waals surface area contributed by atoms with Crippen LogP contribution < -0.4 is 5.32 Å². The smallest absolute Gasteiger partial charge is 0.251 e. The topological polar surface area (TPSA) is 46.9 Å². The maximum atomic E-state index is 12.4. The van der Waals surface area contributed by atoms with Gasteiger partial charge < -0.3 is 9.88 Å². The number of hydrogen-bond acceptors (Lipinski definition) is 2. The summed E-state index contributed by atoms with van der Waals surface area (Å²) < 4.78 is 2.14. The molecule has 6 heteroatoms. The van der Waals surface area contributed by atoms with E-state index in [0.29, 0.717) is 35.1 Å². The van der Waals surface area contributed by atoms with E-state index in [1.54, 1.807) is 6.07 Å². The van der Waals surface area contributed by atoms with E-state index in [0.717, 1.165) is 28.0 Å². The lowest BCUT2D eigenvalue weighted by molar-refractivity contribution is 0.0954. The molecule has 0 fully saturated rings. The van der Waals surface area contributed by atoms with E-state index in [-0.39, 0.29) is 5.91 Å². The van der Waals surface area contributed by atoms with E-state index in [1.165, 1.54) is 0 Å². The molecule has 1 N–H and O–H groups in total. The minimum atomic E-state index is -0.0814. The first-order chi connectivity index (χ1) is 14.5. The van der Waals surface area contributed by atoms with Gasteiger partial charge in [0, 0.05) is 28.6 Å². The van der Waals surface area contributed by atoms with Crippen LogP contribution in [0.15, 0.2) is 66.7 Å². The molecule has 0 aliphatic heterocycles. The van der Waals surface area contributed by atoms with Crippen molar-refractivity contribution in [1.82, 2.24) is 14.9 Å². The van der Waals surface area contributed by atoms with E-state index in [1.807, 2.05) is 67.6 Å². The van der Waals surface area contributed by atoms with Crippen molar-refractivity contribution < 1.29 is 4.79 Å². The highest BCUT2D eigenvalue weighted by molar-refractivity contribution is 6.35. The minimum Gasteiger partial charge on any atom is -0.352 e. The van der Waals surface area contributed by atoms with Gasteiger partial charge in [-0.2, -0.15) is 0 Å². The third-order valence-electron chi connectivity index (χ3n) is 4.99. The zero-order chi connectivity index (χ0) is 21.1. The molecule has 4 rings (SSSR count). The van der Waals surface area contributed by atoms with E-state index < -0.39 is 0 Å². The van der Waals surface area contributed by atoms with Gasteiger partial charge in [0.05, 0.1) is 17.6 Å². The Labute approximate surface area is 185 Å². The highest BCUT2D eigenvalue weighted by Gasteiger charge is 2.13. The van der Waals surface area contributed by atoms with Gasteiger partial charge in [0.1, 0.15) is 5.82 Å². The molecule has 1 aromatic heterocycles. The minimum absolute atomic E-state index is 0.0814. The molecular weight excluding hydrogens is 417 g/mol. The number of rotatable bonds is 6. The third-order valence-corrected chi connectivity index (χ3v) is 5.58. The lowest BCUT2D eigenvalue weighted by atomic mass is 10.1. The number of fused-ring (bicyclic) bond motifs is 1. The predicted octanol–water partition coefficient (Wildman–Crippen LogP) is 5.67. The highest BCUT2D eigenvalue weighted by Crippen LogP contribution is 2.24. The first kappa shape index (κ1) is 20.5. The monoisotopic (exact) mass is 437 g/mol. The highest BCUT2D eigenvalue weighted by atomic mass is 35.5. The molecule has 0 radical (unpaired) electrons. The number of imidazole rings is 1. The summed E-state index contributed by atoms with van der Waals surface area (Å²) in [6, 6.07) is 21.1. The summed E-state index contributed by atoms with van der Waals surface area (Å²) in [5.41, 5.74) is 4.64. The maximum Gasteiger partial charge on any atom is 0.251 e. The Kier molecular flexibility index (Phi) is 6.07. The number of carbonyl (C=O) groups is 1. The van der Waals surface area contributed by atoms with Gasteiger partial charge in [0.2, 0.25) is 0 Å². The molecule has 0 saturated carbocycles. The Bertz CT molecular complexity index is 1220. The molecule has 152 valence electrons. The van der Waals surface area contributed by atoms with Crippen LogP contribution in [0.25, 0.3) is 11.0 Å². The number of halogens is 2. The van der Waals surface area contributed by atoms with Gasteiger partial charge in [-0.15, -0.1) is 0 Å². The zero-order valence-corrected chi connectivity index (χ0v) is 18.0. The van der Waals surface area contributed by atoms with Crippen molar-refractivity contribution in [3.8, 4) is 0 Å². The molecular formula is C24H21Cl2N3O. The Morgan fingerprint density at radius 2 is 1.87 bits per heavy atom. The summed E-state index contributed by atoms with van der Waals surface area (Å²) in [6.45, 7) is 3.04. The summed E-state index contributed by atoms with van der Waals surface area (Å²) in [7, 11) is 0. The fourth-order valence-electron chi connectivity index (χ4n) is 3.49. The molecule has 0 atom stereocenters. The number of nitrogens with one attached hydrogen (secondary N) is 1. The predicted molar refractivity (Wildman–Crippen MR) is 123 cm³/mol. The van der Waals surface area contributed by atoms with Crippen LogP contribution in [0, 0.1) is 6.92 Å². The second-order valence-corrected chi connectivity index (χ2v) is 8.06. The molecule has 1 amide bonds. The molecule has 30 heavy (non-hydrogen) atoms. The van der Waals surface area contributed by atoms with Crippen LogP contribution in [-0.4, -0.2) is 22.0 Å². The number of amides is 1. The van der Waals surface area contributed by atoms with E-state index in [4.69, 9.17) is 28.2 Å². The molecule has 0 aliphatic rings. The molecule has 0 unspecified atom stereocenters. The molecule has 3 aromatic carbocycles. The Morgan fingerprint density at radius 1 is 1.03 bits per heavy atom. The SMILES string of the molecule is Cc1cccc(C(=O)NCCc2nc3ccccc3n2Cc2ccc(Cl)cc2Cl)c1. The van der Waals surface area contributed by atoms with Gasteiger partial charge in [0.15, 0.2) is 0 Å². The average molecular weight is 438 g/mol. The molecule has 0 aliphatic carbocycles. The second kappa shape index (κ2) is 8.90. The normalized spacial score (nSPS) is 11.0. The first-order valence-corrected chi connectivity index (χ1v) is 10.5. The number of benzene rings is 3. The van der Waals surface area contributed by atoms with Crippen molar-refractivity contribution in [3.05, 3.63) is 99.3 Å². The number of carbonyl (C=O) groups excluding carboxylic acids is 1. The fourth-order valence-corrected chi connectivity index (χ4v) is 3.96. The third kappa shape index (κ3) is 4.50. The van der Waals surface area contributed by atoms with Crippen molar-refractivity contribution in [2.75, 3.05) is 6.54 Å². The first-order valence-electron chi connectivity index (χ1n) is 9.74. The van der Waals surface area contributed by atoms with Gasteiger partial charge in [-0.25, -0.2) is 4.98 Å². The quantitative estimate of drug-likeness (QED) is 0.422. The molecule has 1 heterocycles. The van der Waals surface area contributed by atoms with E-state index in [9.17, 15) is 4.79 Å². The van der Waals surface area contributed by atoms with Crippen molar-refractivity contribution in [3.63, 3.8) is 0 Å². The Balaban J connectivity index is 1.55. The lowest BCUT2D eigenvalue weighted by Gasteiger charge is -2.12. The van der Waals surface area contributed by atoms with Gasteiger partial charge in [0.25, 0.3) is 5.91 Å². The van der Waals surface area contributed by atoms with Gasteiger partial charge >= 0.3 is 0 Å². The summed E-state index contributed by atoms with van der Waals surface area (Å²) >= 11 is 12.4. The summed E-state index contributed by atoms with van der Waals surface area (Å²) in [4.78, 5) is 17.2. The molecule has 4 nitrogen and oxygen atoms in total. The number of nitrogens with zero attached hydrogens (tertiary/aromatic N) is 2. The summed E-state index contributed by atoms with van der Waals surface area (Å²) in [6.07, 6.45) is 0.609. The Hall–Kier alpha value is -2.82. The summed E-state index contributed by atoms with van der Waals surface area (Å²) in [5.74, 6) is 0.814. The summed E-state index contributed by atoms with van der Waals surface area (Å²) in [5, 5.41) is 4.23. The molecule has 0 bridgehead atoms.